The molecule has 0 spiro atoms. The lowest BCUT2D eigenvalue weighted by Gasteiger charge is -2.09. The van der Waals surface area contributed by atoms with Gasteiger partial charge >= 0.3 is 0 Å². The molecule has 2 N–H and O–H groups in total. The summed E-state index contributed by atoms with van der Waals surface area (Å²) in [4.78, 5) is 28.3. The van der Waals surface area contributed by atoms with Gasteiger partial charge in [0.05, 0.1) is 0 Å². The van der Waals surface area contributed by atoms with Crippen molar-refractivity contribution in [2.45, 2.75) is 6.54 Å². The smallest absolute Gasteiger partial charge is 0.274 e. The lowest BCUT2D eigenvalue weighted by molar-refractivity contribution is 0.0950. The van der Waals surface area contributed by atoms with Gasteiger partial charge in [0.25, 0.3) is 11.8 Å². The van der Waals surface area contributed by atoms with Gasteiger partial charge in [0.2, 0.25) is 0 Å². The SMILES string of the molecule is O=C(NCc1ccccc1F)c1ccnc(C(=O)Nc2c(F)cccc2F)c1. The van der Waals surface area contributed by atoms with E-state index in [9.17, 15) is 22.8 Å². The minimum absolute atomic E-state index is 0.0458. The van der Waals surface area contributed by atoms with Gasteiger partial charge in [0.15, 0.2) is 0 Å². The van der Waals surface area contributed by atoms with Crippen LogP contribution >= 0.6 is 0 Å². The maximum atomic E-state index is 13.7. The second-order valence-electron chi connectivity index (χ2n) is 5.75. The molecule has 1 heterocycles. The molecule has 1 aromatic heterocycles. The standard InChI is InChI=1S/C20H14F3N3O2/c21-14-5-2-1-4-13(14)11-25-19(27)12-8-9-24-17(10-12)20(28)26-18-15(22)6-3-7-16(18)23/h1-10H,11H2,(H,25,27)(H,26,28). The Morgan fingerprint density at radius 2 is 1.54 bits per heavy atom. The van der Waals surface area contributed by atoms with Crippen molar-refractivity contribution in [1.29, 1.82) is 0 Å². The molecule has 0 saturated heterocycles. The highest BCUT2D eigenvalue weighted by atomic mass is 19.1. The Morgan fingerprint density at radius 3 is 2.25 bits per heavy atom. The van der Waals surface area contributed by atoms with E-state index >= 15 is 0 Å². The molecule has 2 aromatic carbocycles. The number of rotatable bonds is 5. The van der Waals surface area contributed by atoms with Crippen molar-refractivity contribution in [3.8, 4) is 0 Å². The van der Waals surface area contributed by atoms with Crippen molar-refractivity contribution < 1.29 is 22.8 Å². The fourth-order valence-corrected chi connectivity index (χ4v) is 2.41. The van der Waals surface area contributed by atoms with E-state index in [1.165, 1.54) is 42.6 Å². The summed E-state index contributed by atoms with van der Waals surface area (Å²) in [5.41, 5.74) is -0.423. The van der Waals surface area contributed by atoms with Gasteiger partial charge in [-0.25, -0.2) is 13.2 Å². The first-order valence-electron chi connectivity index (χ1n) is 8.18. The predicted molar refractivity (Wildman–Crippen MR) is 96.1 cm³/mol. The zero-order valence-corrected chi connectivity index (χ0v) is 14.4. The predicted octanol–water partition coefficient (Wildman–Crippen LogP) is 3.68. The lowest BCUT2D eigenvalue weighted by Crippen LogP contribution is -2.24. The topological polar surface area (TPSA) is 71.1 Å². The molecule has 28 heavy (non-hydrogen) atoms. The summed E-state index contributed by atoms with van der Waals surface area (Å²) in [6, 6.07) is 11.7. The van der Waals surface area contributed by atoms with Crippen LogP contribution in [0.25, 0.3) is 0 Å². The Labute approximate surface area is 158 Å². The third-order valence-electron chi connectivity index (χ3n) is 3.85. The van der Waals surface area contributed by atoms with Crippen LogP contribution in [0.4, 0.5) is 18.9 Å². The van der Waals surface area contributed by atoms with E-state index in [4.69, 9.17) is 0 Å². The Bertz CT molecular complexity index is 1020. The van der Waals surface area contributed by atoms with Crippen LogP contribution in [0, 0.1) is 17.5 Å². The number of nitrogens with one attached hydrogen (secondary N) is 2. The number of pyridine rings is 1. The summed E-state index contributed by atoms with van der Waals surface area (Å²) in [7, 11) is 0. The van der Waals surface area contributed by atoms with Crippen molar-refractivity contribution in [2.24, 2.45) is 0 Å². The van der Waals surface area contributed by atoms with E-state index in [1.807, 2.05) is 0 Å². The Morgan fingerprint density at radius 1 is 0.857 bits per heavy atom. The van der Waals surface area contributed by atoms with Gasteiger partial charge in [-0.2, -0.15) is 0 Å². The molecule has 0 aliphatic rings. The molecule has 142 valence electrons. The monoisotopic (exact) mass is 385 g/mol. The second kappa shape index (κ2) is 8.34. The van der Waals surface area contributed by atoms with Crippen LogP contribution in [0.2, 0.25) is 0 Å². The molecular formula is C20H14F3N3O2. The highest BCUT2D eigenvalue weighted by molar-refractivity contribution is 6.04. The van der Waals surface area contributed by atoms with Crippen molar-refractivity contribution in [3.05, 3.63) is 95.1 Å². The molecule has 2 amide bonds. The summed E-state index contributed by atoms with van der Waals surface area (Å²) in [5, 5.41) is 4.63. The molecular weight excluding hydrogens is 371 g/mol. The minimum Gasteiger partial charge on any atom is -0.348 e. The average molecular weight is 385 g/mol. The molecule has 8 heteroatoms. The van der Waals surface area contributed by atoms with E-state index in [0.717, 1.165) is 12.1 Å². The van der Waals surface area contributed by atoms with Crippen LogP contribution in [0.15, 0.2) is 60.8 Å². The number of hydrogen-bond acceptors (Lipinski definition) is 3. The zero-order chi connectivity index (χ0) is 20.1. The maximum Gasteiger partial charge on any atom is 0.274 e. The van der Waals surface area contributed by atoms with E-state index in [2.05, 4.69) is 15.6 Å². The van der Waals surface area contributed by atoms with E-state index in [0.29, 0.717) is 5.56 Å². The fraction of sp³-hybridized carbons (Fsp3) is 0.0500. The molecule has 0 aliphatic heterocycles. The number of aromatic nitrogens is 1. The van der Waals surface area contributed by atoms with Crippen LogP contribution < -0.4 is 10.6 Å². The summed E-state index contributed by atoms with van der Waals surface area (Å²) >= 11 is 0. The molecule has 5 nitrogen and oxygen atoms in total. The quantitative estimate of drug-likeness (QED) is 0.704. The van der Waals surface area contributed by atoms with Gasteiger partial charge in [-0.05, 0) is 30.3 Å². The summed E-state index contributed by atoms with van der Waals surface area (Å²) in [5.74, 6) is -3.77. The summed E-state index contributed by atoms with van der Waals surface area (Å²) < 4.78 is 40.9. The van der Waals surface area contributed by atoms with Gasteiger partial charge in [0.1, 0.15) is 28.8 Å². The number of nitrogens with zero attached hydrogens (tertiary/aromatic N) is 1. The molecule has 3 rings (SSSR count). The Kier molecular flexibility index (Phi) is 5.69. The molecule has 0 saturated carbocycles. The number of halogens is 3. The highest BCUT2D eigenvalue weighted by Gasteiger charge is 2.16. The number of hydrogen-bond donors (Lipinski definition) is 2. The van der Waals surface area contributed by atoms with E-state index in [1.54, 1.807) is 6.07 Å². The van der Waals surface area contributed by atoms with Crippen LogP contribution in [0.1, 0.15) is 26.4 Å². The van der Waals surface area contributed by atoms with Crippen molar-refractivity contribution >= 4 is 17.5 Å². The summed E-state index contributed by atoms with van der Waals surface area (Å²) in [6.45, 7) is -0.0458. The molecule has 0 atom stereocenters. The zero-order valence-electron chi connectivity index (χ0n) is 14.4. The lowest BCUT2D eigenvalue weighted by atomic mass is 10.1. The molecule has 0 bridgehead atoms. The number of para-hydroxylation sites is 1. The largest absolute Gasteiger partial charge is 0.348 e. The van der Waals surface area contributed by atoms with Gasteiger partial charge in [-0.15, -0.1) is 0 Å². The van der Waals surface area contributed by atoms with Crippen LogP contribution in [0.3, 0.4) is 0 Å². The van der Waals surface area contributed by atoms with Crippen molar-refractivity contribution in [3.63, 3.8) is 0 Å². The second-order valence-corrected chi connectivity index (χ2v) is 5.75. The Balaban J connectivity index is 1.72. The maximum absolute atomic E-state index is 13.7. The van der Waals surface area contributed by atoms with Gasteiger partial charge in [-0.3, -0.25) is 14.6 Å². The molecule has 0 radical (unpaired) electrons. The van der Waals surface area contributed by atoms with Crippen molar-refractivity contribution in [2.75, 3.05) is 5.32 Å². The first kappa shape index (κ1) is 19.1. The van der Waals surface area contributed by atoms with Gasteiger partial charge in [0, 0.05) is 23.9 Å². The third kappa shape index (κ3) is 4.35. The molecule has 0 unspecified atom stereocenters. The fourth-order valence-electron chi connectivity index (χ4n) is 2.41. The van der Waals surface area contributed by atoms with Gasteiger partial charge < -0.3 is 10.6 Å². The normalized spacial score (nSPS) is 10.4. The summed E-state index contributed by atoms with van der Waals surface area (Å²) in [6.07, 6.45) is 1.21. The Hall–Kier alpha value is -3.68. The number of carbonyl (C=O) groups is 2. The van der Waals surface area contributed by atoms with Gasteiger partial charge in [-0.1, -0.05) is 24.3 Å². The van der Waals surface area contributed by atoms with Crippen LogP contribution in [-0.2, 0) is 6.54 Å². The highest BCUT2D eigenvalue weighted by Crippen LogP contribution is 2.19. The average Bonchev–Trinajstić information content (AvgIpc) is 2.70. The van der Waals surface area contributed by atoms with E-state index in [-0.39, 0.29) is 17.8 Å². The number of benzene rings is 2. The van der Waals surface area contributed by atoms with Crippen LogP contribution in [-0.4, -0.2) is 16.8 Å². The third-order valence-corrected chi connectivity index (χ3v) is 3.85. The molecule has 0 aliphatic carbocycles. The molecule has 0 fully saturated rings. The first-order chi connectivity index (χ1) is 13.5. The number of carbonyl (C=O) groups excluding carboxylic acids is 2. The number of anilines is 1. The van der Waals surface area contributed by atoms with Crippen LogP contribution in [0.5, 0.6) is 0 Å². The molecule has 3 aromatic rings. The van der Waals surface area contributed by atoms with Crippen molar-refractivity contribution in [1.82, 2.24) is 10.3 Å². The van der Waals surface area contributed by atoms with E-state index < -0.39 is 35.0 Å². The minimum atomic E-state index is -0.938. The number of amides is 2. The first-order valence-corrected chi connectivity index (χ1v) is 8.18.